The van der Waals surface area contributed by atoms with Crippen LogP contribution >= 0.6 is 12.4 Å². The number of nitrogens with one attached hydrogen (secondary N) is 4. The zero-order valence-corrected chi connectivity index (χ0v) is 26.6. The lowest BCUT2D eigenvalue weighted by molar-refractivity contribution is -0.143. The molecule has 3 aromatic rings. The standard InChI is InChI=1S/C30H36F3N7O4.ClH/c1-15(34-5)27(41)39-25(30(2,3)4)29(43)40-11-7-8-21(40)28(42)38-20-12-16-19(13-22(20)44-6)35-14-36-26(16)37-18-10-9-17(31)23(32)24(18)33;/h9-10,12-15,21,25,34H,7-8,11H2,1-6H3,(H,38,42)(H,39,41)(H,35,36,37);1H/t15-,21?,25+;/m0./s1. The van der Waals surface area contributed by atoms with Crippen molar-refractivity contribution < 1.29 is 32.3 Å². The number of fused-ring (bicyclic) bond motifs is 1. The van der Waals surface area contributed by atoms with E-state index in [-0.39, 0.29) is 47.2 Å². The minimum absolute atomic E-state index is 0. The number of nitrogens with zero attached hydrogens (tertiary/aromatic N) is 3. The molecule has 0 bridgehead atoms. The van der Waals surface area contributed by atoms with Gasteiger partial charge in [-0.15, -0.1) is 12.4 Å². The van der Waals surface area contributed by atoms with Gasteiger partial charge in [-0.05, 0) is 50.4 Å². The lowest BCUT2D eigenvalue weighted by Crippen LogP contribution is -2.59. The van der Waals surface area contributed by atoms with Crippen molar-refractivity contribution in [1.29, 1.82) is 0 Å². The van der Waals surface area contributed by atoms with E-state index in [1.54, 1.807) is 14.0 Å². The summed E-state index contributed by atoms with van der Waals surface area (Å²) in [6.07, 6.45) is 2.18. The first-order valence-electron chi connectivity index (χ1n) is 14.1. The van der Waals surface area contributed by atoms with Crippen LogP contribution < -0.4 is 26.0 Å². The Morgan fingerprint density at radius 1 is 1.07 bits per heavy atom. The molecule has 0 saturated carbocycles. The van der Waals surface area contributed by atoms with Crippen molar-refractivity contribution in [3.8, 4) is 5.75 Å². The van der Waals surface area contributed by atoms with E-state index in [4.69, 9.17) is 4.74 Å². The van der Waals surface area contributed by atoms with Crippen molar-refractivity contribution >= 4 is 58.2 Å². The fourth-order valence-corrected chi connectivity index (χ4v) is 4.93. The maximum atomic E-state index is 14.4. The van der Waals surface area contributed by atoms with Gasteiger partial charge < -0.3 is 30.9 Å². The highest BCUT2D eigenvalue weighted by molar-refractivity contribution is 6.03. The van der Waals surface area contributed by atoms with Crippen LogP contribution in [-0.4, -0.2) is 71.4 Å². The highest BCUT2D eigenvalue weighted by Crippen LogP contribution is 2.35. The summed E-state index contributed by atoms with van der Waals surface area (Å²) in [5.41, 5.74) is -0.411. The summed E-state index contributed by atoms with van der Waals surface area (Å²) in [6, 6.07) is 2.63. The Bertz CT molecular complexity index is 1590. The molecule has 2 aromatic carbocycles. The molecule has 1 aliphatic heterocycles. The molecule has 0 aliphatic carbocycles. The van der Waals surface area contributed by atoms with Gasteiger partial charge in [-0.1, -0.05) is 20.8 Å². The average molecular weight is 652 g/mol. The van der Waals surface area contributed by atoms with E-state index in [0.717, 1.165) is 12.1 Å². The van der Waals surface area contributed by atoms with Crippen molar-refractivity contribution in [2.24, 2.45) is 5.41 Å². The fourth-order valence-electron chi connectivity index (χ4n) is 4.93. The lowest BCUT2D eigenvalue weighted by Gasteiger charge is -2.36. The number of anilines is 3. The molecule has 45 heavy (non-hydrogen) atoms. The maximum absolute atomic E-state index is 14.4. The molecule has 3 amide bonds. The van der Waals surface area contributed by atoms with Crippen LogP contribution in [-0.2, 0) is 14.4 Å². The van der Waals surface area contributed by atoms with Gasteiger partial charge in [0.1, 0.15) is 30.0 Å². The van der Waals surface area contributed by atoms with Gasteiger partial charge in [0.05, 0.1) is 30.0 Å². The van der Waals surface area contributed by atoms with Gasteiger partial charge in [0.2, 0.25) is 17.7 Å². The van der Waals surface area contributed by atoms with Crippen LogP contribution in [0.2, 0.25) is 0 Å². The molecule has 4 N–H and O–H groups in total. The lowest BCUT2D eigenvalue weighted by atomic mass is 9.85. The van der Waals surface area contributed by atoms with Crippen LogP contribution in [0.4, 0.5) is 30.4 Å². The summed E-state index contributed by atoms with van der Waals surface area (Å²) in [7, 11) is 3.05. The number of likely N-dealkylation sites (tertiary alicyclic amines) is 1. The number of ether oxygens (including phenoxy) is 1. The van der Waals surface area contributed by atoms with E-state index in [9.17, 15) is 27.6 Å². The number of amides is 3. The topological polar surface area (TPSA) is 138 Å². The molecule has 1 saturated heterocycles. The van der Waals surface area contributed by atoms with E-state index in [2.05, 4.69) is 31.2 Å². The predicted octanol–water partition coefficient (Wildman–Crippen LogP) is 4.29. The summed E-state index contributed by atoms with van der Waals surface area (Å²) in [4.78, 5) is 49.9. The van der Waals surface area contributed by atoms with E-state index < -0.39 is 46.9 Å². The van der Waals surface area contributed by atoms with Crippen molar-refractivity contribution in [3.05, 3.63) is 48.0 Å². The van der Waals surface area contributed by atoms with E-state index in [1.807, 2.05) is 20.8 Å². The predicted molar refractivity (Wildman–Crippen MR) is 166 cm³/mol. The Hall–Kier alpha value is -4.17. The minimum atomic E-state index is -1.64. The monoisotopic (exact) mass is 651 g/mol. The van der Waals surface area contributed by atoms with Gasteiger partial charge in [-0.3, -0.25) is 14.4 Å². The number of likely N-dealkylation sites (N-methyl/N-ethyl adjacent to an activating group) is 1. The molecule has 1 aromatic heterocycles. The van der Waals surface area contributed by atoms with Crippen LogP contribution in [0, 0.1) is 22.9 Å². The van der Waals surface area contributed by atoms with Crippen LogP contribution in [0.5, 0.6) is 5.75 Å². The third-order valence-corrected chi connectivity index (χ3v) is 7.57. The third kappa shape index (κ3) is 7.56. The average Bonchev–Trinajstić information content (AvgIpc) is 3.49. The highest BCUT2D eigenvalue weighted by Gasteiger charge is 2.42. The number of aromatic nitrogens is 2. The van der Waals surface area contributed by atoms with Crippen molar-refractivity contribution in [2.75, 3.05) is 31.3 Å². The number of carbonyl (C=O) groups is 3. The van der Waals surface area contributed by atoms with Gasteiger partial charge in [0, 0.05) is 18.0 Å². The number of hydrogen-bond donors (Lipinski definition) is 4. The first-order valence-corrected chi connectivity index (χ1v) is 14.1. The molecular formula is C30H37ClF3N7O4. The summed E-state index contributed by atoms with van der Waals surface area (Å²) in [5, 5.41) is 11.5. The maximum Gasteiger partial charge on any atom is 0.247 e. The molecular weight excluding hydrogens is 615 g/mol. The molecule has 1 unspecified atom stereocenters. The fraction of sp³-hybridized carbons (Fsp3) is 0.433. The molecule has 0 spiro atoms. The molecule has 0 radical (unpaired) electrons. The summed E-state index contributed by atoms with van der Waals surface area (Å²) >= 11 is 0. The van der Waals surface area contributed by atoms with Crippen LogP contribution in [0.25, 0.3) is 10.9 Å². The molecule has 3 atom stereocenters. The van der Waals surface area contributed by atoms with Gasteiger partial charge in [-0.25, -0.2) is 23.1 Å². The number of carbonyl (C=O) groups excluding carboxylic acids is 3. The highest BCUT2D eigenvalue weighted by atomic mass is 35.5. The number of hydrogen-bond acceptors (Lipinski definition) is 8. The van der Waals surface area contributed by atoms with Crippen LogP contribution in [0.3, 0.4) is 0 Å². The second-order valence-corrected chi connectivity index (χ2v) is 11.6. The van der Waals surface area contributed by atoms with Gasteiger partial charge >= 0.3 is 0 Å². The molecule has 1 aliphatic rings. The van der Waals surface area contributed by atoms with Gasteiger partial charge in [-0.2, -0.15) is 0 Å². The quantitative estimate of drug-likeness (QED) is 0.252. The largest absolute Gasteiger partial charge is 0.494 e. The smallest absolute Gasteiger partial charge is 0.247 e. The number of halogens is 4. The van der Waals surface area contributed by atoms with E-state index in [1.165, 1.54) is 30.5 Å². The first-order chi connectivity index (χ1) is 20.8. The summed E-state index contributed by atoms with van der Waals surface area (Å²) < 4.78 is 47.2. The third-order valence-electron chi connectivity index (χ3n) is 7.57. The first kappa shape index (κ1) is 35.3. The second kappa shape index (κ2) is 14.3. The molecule has 1 fully saturated rings. The zero-order chi connectivity index (χ0) is 32.3. The van der Waals surface area contributed by atoms with Crippen LogP contribution in [0.1, 0.15) is 40.5 Å². The van der Waals surface area contributed by atoms with Crippen molar-refractivity contribution in [2.45, 2.75) is 58.7 Å². The molecule has 15 heteroatoms. The molecule has 4 rings (SSSR count). The Balaban J connectivity index is 0.00000552. The zero-order valence-electron chi connectivity index (χ0n) is 25.8. The van der Waals surface area contributed by atoms with Crippen molar-refractivity contribution in [3.63, 3.8) is 0 Å². The number of benzene rings is 2. The SMILES string of the molecule is CN[C@@H](C)C(=O)N[C@H](C(=O)N1CCCC1C(=O)Nc1cc2c(Nc3ccc(F)c(F)c3F)ncnc2cc1OC)C(C)(C)C.Cl. The second-order valence-electron chi connectivity index (χ2n) is 11.6. The number of methoxy groups -OCH3 is 1. The van der Waals surface area contributed by atoms with E-state index in [0.29, 0.717) is 30.3 Å². The summed E-state index contributed by atoms with van der Waals surface area (Å²) in [6.45, 7) is 7.53. The Labute approximate surface area is 265 Å². The Morgan fingerprint density at radius 3 is 2.42 bits per heavy atom. The van der Waals surface area contributed by atoms with Crippen LogP contribution in [0.15, 0.2) is 30.6 Å². The molecule has 244 valence electrons. The summed E-state index contributed by atoms with van der Waals surface area (Å²) in [5.74, 6) is -5.25. The van der Waals surface area contributed by atoms with Gasteiger partial charge in [0.15, 0.2) is 17.5 Å². The van der Waals surface area contributed by atoms with E-state index >= 15 is 0 Å². The number of rotatable bonds is 9. The Kier molecular flexibility index (Phi) is 11.2. The molecule has 11 nitrogen and oxygen atoms in total. The minimum Gasteiger partial charge on any atom is -0.494 e. The van der Waals surface area contributed by atoms with Crippen molar-refractivity contribution in [1.82, 2.24) is 25.5 Å². The normalized spacial score (nSPS) is 16.0. The molecule has 2 heterocycles. The van der Waals surface area contributed by atoms with Gasteiger partial charge in [0.25, 0.3) is 0 Å². The Morgan fingerprint density at radius 2 is 1.78 bits per heavy atom.